The van der Waals surface area contributed by atoms with Gasteiger partial charge in [0.05, 0.1) is 31.1 Å². The van der Waals surface area contributed by atoms with Crippen LogP contribution in [-0.4, -0.2) is 41.7 Å². The van der Waals surface area contributed by atoms with E-state index in [-0.39, 0.29) is 18.4 Å². The first-order valence-electron chi connectivity index (χ1n) is 10.1. The van der Waals surface area contributed by atoms with E-state index < -0.39 is 12.2 Å². The van der Waals surface area contributed by atoms with Crippen molar-refractivity contribution < 1.29 is 27.0 Å². The second-order valence-corrected chi connectivity index (χ2v) is 7.30. The Hall–Kier alpha value is -3.88. The number of aromatic nitrogens is 2. The van der Waals surface area contributed by atoms with E-state index in [1.165, 1.54) is 12.3 Å². The first-order chi connectivity index (χ1) is 16.2. The quantitative estimate of drug-likeness (QED) is 0.515. The van der Waals surface area contributed by atoms with E-state index in [9.17, 15) is 17.6 Å². The molecule has 0 saturated heterocycles. The molecule has 0 spiro atoms. The lowest BCUT2D eigenvalue weighted by molar-refractivity contribution is 0.00819. The predicted octanol–water partition coefficient (Wildman–Crippen LogP) is 3.52. The maximum absolute atomic E-state index is 14.9. The summed E-state index contributed by atoms with van der Waals surface area (Å²) in [6.07, 6.45) is 3.61. The lowest BCUT2D eigenvalue weighted by Crippen LogP contribution is -2.34. The van der Waals surface area contributed by atoms with E-state index in [1.807, 2.05) is 6.92 Å². The van der Waals surface area contributed by atoms with Crippen molar-refractivity contribution in [3.8, 4) is 17.7 Å². The van der Waals surface area contributed by atoms with Gasteiger partial charge in [-0.1, -0.05) is 5.92 Å². The number of nitrogens with one attached hydrogen (secondary N) is 1. The predicted molar refractivity (Wildman–Crippen MR) is 118 cm³/mol. The molecule has 2 aliphatic rings. The van der Waals surface area contributed by atoms with Gasteiger partial charge in [-0.25, -0.2) is 19.4 Å². The number of hydrogen-bond acceptors (Lipinski definition) is 8. The molecule has 180 valence electrons. The zero-order valence-corrected chi connectivity index (χ0v) is 18.4. The molecule has 3 N–H and O–H groups in total. The molecule has 0 bridgehead atoms. The number of aliphatic imine (C=N–C) groups is 2. The van der Waals surface area contributed by atoms with Crippen LogP contribution in [0.15, 0.2) is 34.5 Å². The van der Waals surface area contributed by atoms with Gasteiger partial charge in [0, 0.05) is 23.2 Å². The Labute approximate surface area is 193 Å². The van der Waals surface area contributed by atoms with Crippen LogP contribution in [0.3, 0.4) is 0 Å². The van der Waals surface area contributed by atoms with E-state index in [4.69, 9.17) is 15.2 Å². The molecule has 12 heteroatoms. The van der Waals surface area contributed by atoms with E-state index >= 15 is 0 Å². The lowest BCUT2D eigenvalue weighted by Gasteiger charge is -2.31. The maximum Gasteiger partial charge on any atom is 0.379 e. The molecule has 0 unspecified atom stereocenters. The van der Waals surface area contributed by atoms with Crippen molar-refractivity contribution in [2.45, 2.75) is 39.0 Å². The Morgan fingerprint density at radius 2 is 2.03 bits per heavy atom. The highest BCUT2D eigenvalue weighted by Gasteiger charge is 2.34. The van der Waals surface area contributed by atoms with Crippen LogP contribution < -0.4 is 15.8 Å². The third-order valence-corrected chi connectivity index (χ3v) is 4.97. The molecule has 8 nitrogen and oxygen atoms in total. The minimum absolute atomic E-state index is 0.0681. The third kappa shape index (κ3) is 6.12. The van der Waals surface area contributed by atoms with Crippen molar-refractivity contribution in [2.75, 3.05) is 18.5 Å². The number of amidine groups is 2. The fraction of sp³-hybridized carbons (Fsp3) is 0.364. The molecule has 0 aliphatic carbocycles. The number of hydrogen-bond donors (Lipinski definition) is 2. The van der Waals surface area contributed by atoms with Crippen molar-refractivity contribution in [1.29, 1.82) is 0 Å². The number of rotatable bonds is 4. The second-order valence-electron chi connectivity index (χ2n) is 7.30. The van der Waals surface area contributed by atoms with Gasteiger partial charge < -0.3 is 20.5 Å². The first-order valence-corrected chi connectivity index (χ1v) is 10.1. The Balaban J connectivity index is 0.000000751. The van der Waals surface area contributed by atoms with Gasteiger partial charge in [0.15, 0.2) is 12.4 Å². The second kappa shape index (κ2) is 10.8. The minimum Gasteiger partial charge on any atom is -0.465 e. The first kappa shape index (κ1) is 24.8. The number of fused-ring (bicyclic) bond motifs is 1. The van der Waals surface area contributed by atoms with Crippen molar-refractivity contribution in [3.63, 3.8) is 0 Å². The fourth-order valence-corrected chi connectivity index (χ4v) is 3.33. The smallest absolute Gasteiger partial charge is 0.379 e. The summed E-state index contributed by atoms with van der Waals surface area (Å²) in [4.78, 5) is 17.4. The number of anilines is 1. The molecule has 0 fully saturated rings. The minimum atomic E-state index is -3.67. The molecular formula is C22H22F4N6O2. The van der Waals surface area contributed by atoms with Crippen LogP contribution in [0, 0.1) is 17.7 Å². The SMILES string of the molecule is CC#CCOc1cnc(C2=NCc3cc(F)c([C@]4(C)CCOC(N)=N4)cc3N2)cn1.FC(F)F. The van der Waals surface area contributed by atoms with Gasteiger partial charge in [-0.05, 0) is 26.0 Å². The summed E-state index contributed by atoms with van der Waals surface area (Å²) in [6, 6.07) is 3.32. The van der Waals surface area contributed by atoms with Gasteiger partial charge in [0.2, 0.25) is 5.88 Å². The summed E-state index contributed by atoms with van der Waals surface area (Å²) in [7, 11) is 0. The molecule has 0 radical (unpaired) electrons. The van der Waals surface area contributed by atoms with Gasteiger partial charge in [-0.2, -0.15) is 13.2 Å². The molecule has 1 aromatic heterocycles. The van der Waals surface area contributed by atoms with Crippen molar-refractivity contribution in [1.82, 2.24) is 9.97 Å². The molecule has 3 heterocycles. The Morgan fingerprint density at radius 1 is 1.26 bits per heavy atom. The highest BCUT2D eigenvalue weighted by atomic mass is 19.4. The number of ether oxygens (including phenoxy) is 2. The van der Waals surface area contributed by atoms with Gasteiger partial charge in [-0.15, -0.1) is 5.92 Å². The van der Waals surface area contributed by atoms with Crippen LogP contribution in [0.1, 0.15) is 37.1 Å². The van der Waals surface area contributed by atoms with Crippen molar-refractivity contribution in [3.05, 3.63) is 47.2 Å². The number of nitrogens with two attached hydrogens (primary N) is 1. The topological polar surface area (TPSA) is 107 Å². The van der Waals surface area contributed by atoms with Crippen LogP contribution in [-0.2, 0) is 16.8 Å². The fourth-order valence-electron chi connectivity index (χ4n) is 3.33. The summed E-state index contributed by atoms with van der Waals surface area (Å²) in [6.45, 7) is 0.882. The van der Waals surface area contributed by atoms with Gasteiger partial charge in [0.1, 0.15) is 11.5 Å². The zero-order chi connectivity index (χ0) is 24.7. The number of alkyl halides is 3. The van der Waals surface area contributed by atoms with Crippen LogP contribution in [0.2, 0.25) is 0 Å². The van der Waals surface area contributed by atoms with Gasteiger partial charge >= 0.3 is 6.68 Å². The molecular weight excluding hydrogens is 456 g/mol. The highest BCUT2D eigenvalue weighted by molar-refractivity contribution is 6.08. The average Bonchev–Trinajstić information content (AvgIpc) is 2.78. The standard InChI is InChI=1S/C21H21FN6O2.CHF3/c1-3-4-6-29-18-12-24-17(11-25-18)19-26-10-13-8-15(22)14(9-16(13)27-19)21(2)5-7-30-20(23)28-21;2-1(3)4/h8-9,11-12H,5-7,10H2,1-2H3,(H2,23,28)(H,26,27);1H/t21-;/m0./s1. The number of halogens is 4. The molecule has 0 saturated carbocycles. The van der Waals surface area contributed by atoms with E-state index in [0.29, 0.717) is 42.5 Å². The zero-order valence-electron chi connectivity index (χ0n) is 18.4. The van der Waals surface area contributed by atoms with Gasteiger partial charge in [0.25, 0.3) is 6.02 Å². The number of nitrogens with zero attached hydrogens (tertiary/aromatic N) is 4. The Kier molecular flexibility index (Phi) is 7.88. The normalized spacial score (nSPS) is 18.6. The van der Waals surface area contributed by atoms with Crippen LogP contribution in [0.25, 0.3) is 0 Å². The summed E-state index contributed by atoms with van der Waals surface area (Å²) >= 11 is 0. The summed E-state index contributed by atoms with van der Waals surface area (Å²) in [5, 5.41) is 3.23. The largest absolute Gasteiger partial charge is 0.465 e. The molecule has 0 amide bonds. The van der Waals surface area contributed by atoms with Crippen LogP contribution >= 0.6 is 0 Å². The maximum atomic E-state index is 14.9. The molecule has 34 heavy (non-hydrogen) atoms. The molecule has 2 aliphatic heterocycles. The molecule has 2 aromatic rings. The molecule has 1 aromatic carbocycles. The number of benzene rings is 1. The summed E-state index contributed by atoms with van der Waals surface area (Å²) in [5.41, 5.74) is 7.43. The lowest BCUT2D eigenvalue weighted by atomic mass is 9.87. The van der Waals surface area contributed by atoms with Crippen LogP contribution in [0.4, 0.5) is 23.2 Å². The monoisotopic (exact) mass is 478 g/mol. The van der Waals surface area contributed by atoms with Crippen LogP contribution in [0.5, 0.6) is 5.88 Å². The highest BCUT2D eigenvalue weighted by Crippen LogP contribution is 2.37. The third-order valence-electron chi connectivity index (χ3n) is 4.97. The van der Waals surface area contributed by atoms with E-state index in [2.05, 4.69) is 37.1 Å². The van der Waals surface area contributed by atoms with Gasteiger partial charge in [-0.3, -0.25) is 4.99 Å². The van der Waals surface area contributed by atoms with E-state index in [1.54, 1.807) is 19.2 Å². The Morgan fingerprint density at radius 3 is 2.68 bits per heavy atom. The summed E-state index contributed by atoms with van der Waals surface area (Å²) in [5.74, 6) is 6.13. The Bertz CT molecular complexity index is 1140. The van der Waals surface area contributed by atoms with Crippen molar-refractivity contribution in [2.24, 2.45) is 15.7 Å². The molecule has 1 atom stereocenters. The summed E-state index contributed by atoms with van der Waals surface area (Å²) < 4.78 is 54.4. The van der Waals surface area contributed by atoms with Crippen molar-refractivity contribution >= 4 is 17.5 Å². The molecule has 4 rings (SSSR count). The van der Waals surface area contributed by atoms with E-state index in [0.717, 1.165) is 11.3 Å². The average molecular weight is 478 g/mol.